The summed E-state index contributed by atoms with van der Waals surface area (Å²) in [7, 11) is 2.18. The summed E-state index contributed by atoms with van der Waals surface area (Å²) in [5.41, 5.74) is 2.34. The Morgan fingerprint density at radius 1 is 1.12 bits per heavy atom. The Labute approximate surface area is 104 Å². The molecule has 94 valence electrons. The van der Waals surface area contributed by atoms with Gasteiger partial charge in [0.1, 0.15) is 0 Å². The number of piperazine rings is 1. The molecule has 0 atom stereocenters. The first-order chi connectivity index (χ1) is 8.28. The number of aliphatic hydroxyl groups excluding tert-OH is 1. The fraction of sp³-hybridized carbons (Fsp3) is 0.571. The van der Waals surface area contributed by atoms with Crippen LogP contribution in [0.5, 0.6) is 0 Å². The van der Waals surface area contributed by atoms with Crippen LogP contribution in [0.1, 0.15) is 11.1 Å². The second-order valence-corrected chi connectivity index (χ2v) is 4.87. The lowest BCUT2D eigenvalue weighted by Crippen LogP contribution is -2.45. The van der Waals surface area contributed by atoms with E-state index in [-0.39, 0.29) is 6.61 Å². The van der Waals surface area contributed by atoms with Crippen LogP contribution in [0, 0.1) is 0 Å². The highest BCUT2D eigenvalue weighted by Crippen LogP contribution is 2.08. The Morgan fingerprint density at radius 3 is 2.53 bits per heavy atom. The molecule has 1 aliphatic heterocycles. The van der Waals surface area contributed by atoms with E-state index in [1.54, 1.807) is 0 Å². The minimum Gasteiger partial charge on any atom is -0.392 e. The molecule has 3 nitrogen and oxygen atoms in total. The van der Waals surface area contributed by atoms with Crippen molar-refractivity contribution in [2.75, 3.05) is 39.8 Å². The van der Waals surface area contributed by atoms with Crippen LogP contribution in [0.25, 0.3) is 0 Å². The topological polar surface area (TPSA) is 26.7 Å². The summed E-state index contributed by atoms with van der Waals surface area (Å²) in [4.78, 5) is 4.90. The summed E-state index contributed by atoms with van der Waals surface area (Å²) < 4.78 is 0. The van der Waals surface area contributed by atoms with Crippen molar-refractivity contribution in [2.24, 2.45) is 0 Å². The summed E-state index contributed by atoms with van der Waals surface area (Å²) in [5.74, 6) is 0. The van der Waals surface area contributed by atoms with Gasteiger partial charge in [-0.15, -0.1) is 0 Å². The minimum absolute atomic E-state index is 0.141. The molecular weight excluding hydrogens is 212 g/mol. The molecule has 3 heteroatoms. The SMILES string of the molecule is CN1CCN(CCc2cccc(CO)c2)CC1. The minimum atomic E-state index is 0.141. The second-order valence-electron chi connectivity index (χ2n) is 4.87. The van der Waals surface area contributed by atoms with E-state index in [4.69, 9.17) is 5.11 Å². The molecule has 0 saturated carbocycles. The van der Waals surface area contributed by atoms with Gasteiger partial charge in [-0.2, -0.15) is 0 Å². The van der Waals surface area contributed by atoms with E-state index in [1.807, 2.05) is 12.1 Å². The average molecular weight is 234 g/mol. The highest BCUT2D eigenvalue weighted by atomic mass is 16.3. The second kappa shape index (κ2) is 6.15. The van der Waals surface area contributed by atoms with E-state index in [1.165, 1.54) is 31.7 Å². The molecule has 0 amide bonds. The van der Waals surface area contributed by atoms with Gasteiger partial charge in [0.2, 0.25) is 0 Å². The van der Waals surface area contributed by atoms with Gasteiger partial charge in [0.25, 0.3) is 0 Å². The molecule has 0 unspecified atom stereocenters. The third kappa shape index (κ3) is 3.80. The van der Waals surface area contributed by atoms with Crippen LogP contribution in [-0.4, -0.2) is 54.7 Å². The molecule has 0 radical (unpaired) electrons. The molecule has 17 heavy (non-hydrogen) atoms. The Kier molecular flexibility index (Phi) is 4.54. The molecule has 1 aromatic carbocycles. The molecule has 0 aliphatic carbocycles. The number of likely N-dealkylation sites (N-methyl/N-ethyl adjacent to an activating group) is 1. The lowest BCUT2D eigenvalue weighted by molar-refractivity contribution is 0.155. The number of nitrogens with zero attached hydrogens (tertiary/aromatic N) is 2. The zero-order valence-electron chi connectivity index (χ0n) is 10.6. The van der Waals surface area contributed by atoms with Gasteiger partial charge in [-0.3, -0.25) is 0 Å². The summed E-state index contributed by atoms with van der Waals surface area (Å²) in [6.07, 6.45) is 1.08. The lowest BCUT2D eigenvalue weighted by Gasteiger charge is -2.32. The van der Waals surface area contributed by atoms with Crippen molar-refractivity contribution in [3.63, 3.8) is 0 Å². The maximum Gasteiger partial charge on any atom is 0.0681 e. The number of aliphatic hydroxyl groups is 1. The largest absolute Gasteiger partial charge is 0.392 e. The van der Waals surface area contributed by atoms with Crippen LogP contribution in [0.15, 0.2) is 24.3 Å². The molecule has 1 aliphatic rings. The van der Waals surface area contributed by atoms with Crippen molar-refractivity contribution >= 4 is 0 Å². The van der Waals surface area contributed by atoms with Gasteiger partial charge in [-0.25, -0.2) is 0 Å². The van der Waals surface area contributed by atoms with Crippen molar-refractivity contribution in [1.29, 1.82) is 0 Å². The van der Waals surface area contributed by atoms with E-state index in [0.29, 0.717) is 0 Å². The zero-order valence-corrected chi connectivity index (χ0v) is 10.6. The molecule has 0 aromatic heterocycles. The predicted molar refractivity (Wildman–Crippen MR) is 70.0 cm³/mol. The standard InChI is InChI=1S/C14H22N2O/c1-15-7-9-16(10-8-15)6-5-13-3-2-4-14(11-13)12-17/h2-4,11,17H,5-10,12H2,1H3. The molecule has 1 aromatic rings. The predicted octanol–water partition coefficient (Wildman–Crippen LogP) is 0.969. The van der Waals surface area contributed by atoms with Crippen LogP contribution < -0.4 is 0 Å². The number of hydrogen-bond acceptors (Lipinski definition) is 3. The van der Waals surface area contributed by atoms with Crippen molar-refractivity contribution in [3.05, 3.63) is 35.4 Å². The van der Waals surface area contributed by atoms with Gasteiger partial charge in [0.15, 0.2) is 0 Å². The Hall–Kier alpha value is -0.900. The van der Waals surface area contributed by atoms with Crippen molar-refractivity contribution in [2.45, 2.75) is 13.0 Å². The summed E-state index contributed by atoms with van der Waals surface area (Å²) in [5, 5.41) is 9.09. The highest BCUT2D eigenvalue weighted by Gasteiger charge is 2.12. The Balaban J connectivity index is 1.81. The van der Waals surface area contributed by atoms with Gasteiger partial charge in [-0.1, -0.05) is 24.3 Å². The number of benzene rings is 1. The van der Waals surface area contributed by atoms with Crippen LogP contribution in [-0.2, 0) is 13.0 Å². The van der Waals surface area contributed by atoms with Crippen molar-refractivity contribution < 1.29 is 5.11 Å². The fourth-order valence-electron chi connectivity index (χ4n) is 2.24. The van der Waals surface area contributed by atoms with Crippen molar-refractivity contribution in [1.82, 2.24) is 9.80 Å². The summed E-state index contributed by atoms with van der Waals surface area (Å²) >= 11 is 0. The first-order valence-corrected chi connectivity index (χ1v) is 6.37. The highest BCUT2D eigenvalue weighted by molar-refractivity contribution is 5.23. The first-order valence-electron chi connectivity index (χ1n) is 6.37. The van der Waals surface area contributed by atoms with E-state index < -0.39 is 0 Å². The van der Waals surface area contributed by atoms with Gasteiger partial charge < -0.3 is 14.9 Å². The fourth-order valence-corrected chi connectivity index (χ4v) is 2.24. The first kappa shape index (κ1) is 12.6. The zero-order chi connectivity index (χ0) is 12.1. The van der Waals surface area contributed by atoms with E-state index in [0.717, 1.165) is 18.5 Å². The van der Waals surface area contributed by atoms with E-state index in [9.17, 15) is 0 Å². The van der Waals surface area contributed by atoms with Gasteiger partial charge >= 0.3 is 0 Å². The van der Waals surface area contributed by atoms with Crippen molar-refractivity contribution in [3.8, 4) is 0 Å². The summed E-state index contributed by atoms with van der Waals surface area (Å²) in [6.45, 7) is 5.98. The normalized spacial score (nSPS) is 18.5. The van der Waals surface area contributed by atoms with E-state index >= 15 is 0 Å². The van der Waals surface area contributed by atoms with Crippen LogP contribution in [0.4, 0.5) is 0 Å². The molecule has 0 spiro atoms. The maximum absolute atomic E-state index is 9.09. The van der Waals surface area contributed by atoms with Gasteiger partial charge in [0.05, 0.1) is 6.61 Å². The van der Waals surface area contributed by atoms with Gasteiger partial charge in [0, 0.05) is 32.7 Å². The molecule has 1 N–H and O–H groups in total. The third-order valence-corrected chi connectivity index (χ3v) is 3.49. The quantitative estimate of drug-likeness (QED) is 0.841. The molecule has 1 fully saturated rings. The smallest absolute Gasteiger partial charge is 0.0681 e. The van der Waals surface area contributed by atoms with Crippen LogP contribution >= 0.6 is 0 Å². The Bertz CT molecular complexity index is 346. The number of rotatable bonds is 4. The average Bonchev–Trinajstić information content (AvgIpc) is 2.38. The molecule has 1 heterocycles. The van der Waals surface area contributed by atoms with Crippen LogP contribution in [0.3, 0.4) is 0 Å². The maximum atomic E-state index is 9.09. The van der Waals surface area contributed by atoms with E-state index in [2.05, 4.69) is 29.0 Å². The van der Waals surface area contributed by atoms with Gasteiger partial charge in [-0.05, 0) is 24.6 Å². The molecule has 0 bridgehead atoms. The molecule has 2 rings (SSSR count). The lowest BCUT2D eigenvalue weighted by atomic mass is 10.1. The monoisotopic (exact) mass is 234 g/mol. The Morgan fingerprint density at radius 2 is 1.82 bits per heavy atom. The molecular formula is C14H22N2O. The molecule has 1 saturated heterocycles. The number of hydrogen-bond donors (Lipinski definition) is 1. The third-order valence-electron chi connectivity index (χ3n) is 3.49. The summed E-state index contributed by atoms with van der Waals surface area (Å²) in [6, 6.07) is 8.26. The van der Waals surface area contributed by atoms with Crippen LogP contribution in [0.2, 0.25) is 0 Å².